The van der Waals surface area contributed by atoms with Crippen molar-refractivity contribution in [3.63, 3.8) is 0 Å². The van der Waals surface area contributed by atoms with E-state index in [1.807, 2.05) is 27.0 Å². The number of hydrogen-bond donors (Lipinski definition) is 2. The number of aromatic nitrogens is 4. The van der Waals surface area contributed by atoms with E-state index in [1.54, 1.807) is 4.68 Å². The molecule has 0 radical (unpaired) electrons. The number of carbonyl (C=O) groups is 1. The molecule has 7 nitrogen and oxygen atoms in total. The molecule has 1 atom stereocenters. The number of nitrogens with one attached hydrogen (secondary N) is 2. The molecule has 1 aliphatic rings. The molecule has 3 heterocycles. The molecule has 0 saturated carbocycles. The van der Waals surface area contributed by atoms with Gasteiger partial charge in [-0.05, 0) is 43.5 Å². The summed E-state index contributed by atoms with van der Waals surface area (Å²) in [7, 11) is 1.82. The fourth-order valence-corrected chi connectivity index (χ4v) is 3.19. The molecule has 2 aromatic heterocycles. The lowest BCUT2D eigenvalue weighted by molar-refractivity contribution is -0.122. The quantitative estimate of drug-likeness (QED) is 0.756. The van der Waals surface area contributed by atoms with Crippen LogP contribution in [-0.4, -0.2) is 32.0 Å². The van der Waals surface area contributed by atoms with E-state index in [0.29, 0.717) is 17.9 Å². The first-order valence-corrected chi connectivity index (χ1v) is 7.89. The van der Waals surface area contributed by atoms with Crippen molar-refractivity contribution in [2.24, 2.45) is 7.05 Å². The minimum atomic E-state index is -0.531. The highest BCUT2D eigenvalue weighted by atomic mass is 16.5. The Labute approximate surface area is 139 Å². The van der Waals surface area contributed by atoms with E-state index < -0.39 is 6.10 Å². The number of hydrogen-bond acceptors (Lipinski definition) is 4. The number of ether oxygens (including phenoxy) is 1. The predicted octanol–water partition coefficient (Wildman–Crippen LogP) is 2.16. The van der Waals surface area contributed by atoms with Crippen molar-refractivity contribution in [1.82, 2.24) is 20.0 Å². The van der Waals surface area contributed by atoms with Gasteiger partial charge in [0.05, 0.1) is 11.1 Å². The number of H-pyrrole nitrogens is 1. The third-order valence-electron chi connectivity index (χ3n) is 4.61. The van der Waals surface area contributed by atoms with Crippen molar-refractivity contribution < 1.29 is 9.53 Å². The average Bonchev–Trinajstić information content (AvgIpc) is 3.18. The van der Waals surface area contributed by atoms with Gasteiger partial charge in [-0.15, -0.1) is 0 Å². The Kier molecular flexibility index (Phi) is 3.13. The number of anilines is 1. The molecule has 0 aliphatic carbocycles. The first kappa shape index (κ1) is 14.7. The SMILES string of the molecule is Cc1cc2c(cc1C)OC(C(=O)Nc1[nH]nc3c1c(C)nn3C)C2. The largest absolute Gasteiger partial charge is 0.480 e. The summed E-state index contributed by atoms with van der Waals surface area (Å²) in [5.74, 6) is 1.17. The first-order valence-electron chi connectivity index (χ1n) is 7.89. The van der Waals surface area contributed by atoms with Crippen molar-refractivity contribution in [3.05, 3.63) is 34.5 Å². The van der Waals surface area contributed by atoms with Crippen LogP contribution in [0.5, 0.6) is 5.75 Å². The molecule has 0 spiro atoms. The summed E-state index contributed by atoms with van der Waals surface area (Å²) in [5.41, 5.74) is 4.98. The fraction of sp³-hybridized carbons (Fsp3) is 0.353. The minimum Gasteiger partial charge on any atom is -0.480 e. The van der Waals surface area contributed by atoms with Crippen LogP contribution in [0.3, 0.4) is 0 Å². The number of nitrogens with zero attached hydrogens (tertiary/aromatic N) is 3. The highest BCUT2D eigenvalue weighted by Gasteiger charge is 2.30. The van der Waals surface area contributed by atoms with Crippen LogP contribution in [-0.2, 0) is 18.3 Å². The second-order valence-electron chi connectivity index (χ2n) is 6.35. The van der Waals surface area contributed by atoms with Gasteiger partial charge < -0.3 is 10.1 Å². The number of fused-ring (bicyclic) bond motifs is 2. The monoisotopic (exact) mass is 325 g/mol. The zero-order chi connectivity index (χ0) is 17.0. The summed E-state index contributed by atoms with van der Waals surface area (Å²) in [4.78, 5) is 12.6. The van der Waals surface area contributed by atoms with Crippen LogP contribution in [0, 0.1) is 20.8 Å². The average molecular weight is 325 g/mol. The van der Waals surface area contributed by atoms with Gasteiger partial charge in [-0.1, -0.05) is 6.07 Å². The Bertz CT molecular complexity index is 938. The van der Waals surface area contributed by atoms with E-state index in [4.69, 9.17) is 4.74 Å². The van der Waals surface area contributed by atoms with Crippen LogP contribution in [0.15, 0.2) is 12.1 Å². The van der Waals surface area contributed by atoms with Crippen molar-refractivity contribution in [2.45, 2.75) is 33.3 Å². The normalized spacial score (nSPS) is 16.2. The van der Waals surface area contributed by atoms with E-state index in [0.717, 1.165) is 28.0 Å². The van der Waals surface area contributed by atoms with Gasteiger partial charge in [0.1, 0.15) is 11.6 Å². The topological polar surface area (TPSA) is 84.8 Å². The molecule has 2 N–H and O–H groups in total. The van der Waals surface area contributed by atoms with Gasteiger partial charge in [-0.2, -0.15) is 10.2 Å². The minimum absolute atomic E-state index is 0.185. The summed E-state index contributed by atoms with van der Waals surface area (Å²) < 4.78 is 7.52. The lowest BCUT2D eigenvalue weighted by Gasteiger charge is -2.10. The molecule has 124 valence electrons. The van der Waals surface area contributed by atoms with Gasteiger partial charge >= 0.3 is 0 Å². The molecule has 0 fully saturated rings. The highest BCUT2D eigenvalue weighted by Crippen LogP contribution is 2.32. The lowest BCUT2D eigenvalue weighted by Crippen LogP contribution is -2.31. The van der Waals surface area contributed by atoms with Crippen molar-refractivity contribution >= 4 is 22.8 Å². The van der Waals surface area contributed by atoms with Crippen LogP contribution in [0.4, 0.5) is 5.82 Å². The van der Waals surface area contributed by atoms with Crippen LogP contribution in [0.1, 0.15) is 22.4 Å². The summed E-state index contributed by atoms with van der Waals surface area (Å²) >= 11 is 0. The van der Waals surface area contributed by atoms with Gasteiger partial charge in [-0.25, -0.2) is 4.68 Å². The number of carbonyl (C=O) groups excluding carboxylic acids is 1. The molecule has 1 aliphatic heterocycles. The van der Waals surface area contributed by atoms with Gasteiger partial charge in [0, 0.05) is 13.5 Å². The Balaban J connectivity index is 1.57. The number of benzene rings is 1. The van der Waals surface area contributed by atoms with Gasteiger partial charge in [-0.3, -0.25) is 9.89 Å². The fourth-order valence-electron chi connectivity index (χ4n) is 3.19. The molecule has 1 aromatic carbocycles. The Hall–Kier alpha value is -2.83. The molecule has 0 bridgehead atoms. The summed E-state index contributed by atoms with van der Waals surface area (Å²) in [6.45, 7) is 6.00. The van der Waals surface area contributed by atoms with Crippen molar-refractivity contribution in [3.8, 4) is 5.75 Å². The van der Waals surface area contributed by atoms with E-state index in [9.17, 15) is 4.79 Å². The Morgan fingerprint density at radius 3 is 2.88 bits per heavy atom. The Morgan fingerprint density at radius 1 is 1.33 bits per heavy atom. The third kappa shape index (κ3) is 2.16. The number of aromatic amines is 1. The number of aryl methyl sites for hydroxylation is 4. The number of rotatable bonds is 2. The maximum Gasteiger partial charge on any atom is 0.266 e. The van der Waals surface area contributed by atoms with E-state index in [1.165, 1.54) is 5.56 Å². The van der Waals surface area contributed by atoms with Crippen LogP contribution in [0.25, 0.3) is 11.0 Å². The maximum atomic E-state index is 12.6. The second-order valence-corrected chi connectivity index (χ2v) is 6.35. The lowest BCUT2D eigenvalue weighted by atomic mass is 10.0. The van der Waals surface area contributed by atoms with E-state index in [2.05, 4.69) is 33.6 Å². The molecule has 7 heteroatoms. The zero-order valence-electron chi connectivity index (χ0n) is 14.1. The first-order chi connectivity index (χ1) is 11.4. The summed E-state index contributed by atoms with van der Waals surface area (Å²) in [6, 6.07) is 4.09. The standard InChI is InChI=1S/C17H19N5O2/c1-8-5-11-7-13(24-12(11)6-9(8)2)17(23)18-15-14-10(3)21-22(4)16(14)20-19-15/h5-6,13H,7H2,1-4H3,(H2,18,19,20,23). The van der Waals surface area contributed by atoms with E-state index >= 15 is 0 Å². The second kappa shape index (κ2) is 5.09. The molecule has 1 amide bonds. The molecule has 24 heavy (non-hydrogen) atoms. The molecule has 3 aromatic rings. The van der Waals surface area contributed by atoms with Crippen LogP contribution < -0.4 is 10.1 Å². The highest BCUT2D eigenvalue weighted by molar-refractivity contribution is 6.02. The van der Waals surface area contributed by atoms with Crippen LogP contribution in [0.2, 0.25) is 0 Å². The molecular weight excluding hydrogens is 306 g/mol. The van der Waals surface area contributed by atoms with Gasteiger partial charge in [0.25, 0.3) is 5.91 Å². The van der Waals surface area contributed by atoms with Crippen LogP contribution >= 0.6 is 0 Å². The van der Waals surface area contributed by atoms with Gasteiger partial charge in [0.15, 0.2) is 11.8 Å². The predicted molar refractivity (Wildman–Crippen MR) is 90.3 cm³/mol. The van der Waals surface area contributed by atoms with Crippen molar-refractivity contribution in [1.29, 1.82) is 0 Å². The molecule has 1 unspecified atom stereocenters. The van der Waals surface area contributed by atoms with Crippen molar-refractivity contribution in [2.75, 3.05) is 5.32 Å². The molecule has 4 rings (SSSR count). The summed E-state index contributed by atoms with van der Waals surface area (Å²) in [6.07, 6.45) is 0.0440. The summed E-state index contributed by atoms with van der Waals surface area (Å²) in [5, 5.41) is 15.1. The number of amides is 1. The molecule has 0 saturated heterocycles. The third-order valence-corrected chi connectivity index (χ3v) is 4.61. The molecular formula is C17H19N5O2. The Morgan fingerprint density at radius 2 is 2.08 bits per heavy atom. The zero-order valence-corrected chi connectivity index (χ0v) is 14.1. The van der Waals surface area contributed by atoms with Gasteiger partial charge in [0.2, 0.25) is 0 Å². The maximum absolute atomic E-state index is 12.6. The smallest absolute Gasteiger partial charge is 0.266 e. The van der Waals surface area contributed by atoms with E-state index in [-0.39, 0.29) is 5.91 Å².